The molecule has 2 rings (SSSR count). The van der Waals surface area contributed by atoms with Crippen molar-refractivity contribution < 1.29 is 0 Å². The molecule has 0 spiro atoms. The minimum atomic E-state index is 0.233. The summed E-state index contributed by atoms with van der Waals surface area (Å²) >= 11 is 0. The Morgan fingerprint density at radius 2 is 2.14 bits per heavy atom. The predicted octanol–water partition coefficient (Wildman–Crippen LogP) is 0.975. The van der Waals surface area contributed by atoms with Crippen LogP contribution in [0, 0.1) is 0 Å². The summed E-state index contributed by atoms with van der Waals surface area (Å²) < 4.78 is 0. The Morgan fingerprint density at radius 3 is 2.64 bits per heavy atom. The SMILES string of the molecule is CN1CCC(C)(c2cc(N)n[nH]2)CC1. The van der Waals surface area contributed by atoms with E-state index >= 15 is 0 Å². The minimum absolute atomic E-state index is 0.233. The summed E-state index contributed by atoms with van der Waals surface area (Å²) in [6, 6.07) is 1.96. The van der Waals surface area contributed by atoms with E-state index in [0.29, 0.717) is 5.82 Å². The third kappa shape index (κ3) is 1.62. The quantitative estimate of drug-likeness (QED) is 0.700. The largest absolute Gasteiger partial charge is 0.382 e. The fourth-order valence-corrected chi connectivity index (χ4v) is 2.03. The van der Waals surface area contributed by atoms with Crippen molar-refractivity contribution in [3.63, 3.8) is 0 Å². The van der Waals surface area contributed by atoms with Gasteiger partial charge in [-0.1, -0.05) is 6.92 Å². The number of piperidine rings is 1. The molecule has 3 N–H and O–H groups in total. The summed E-state index contributed by atoms with van der Waals surface area (Å²) in [6.07, 6.45) is 2.34. The first kappa shape index (κ1) is 9.52. The van der Waals surface area contributed by atoms with Gasteiger partial charge in [0, 0.05) is 17.2 Å². The molecule has 0 atom stereocenters. The van der Waals surface area contributed by atoms with Crippen molar-refractivity contribution in [1.82, 2.24) is 15.1 Å². The van der Waals surface area contributed by atoms with Gasteiger partial charge in [-0.2, -0.15) is 5.10 Å². The predicted molar refractivity (Wildman–Crippen MR) is 57.1 cm³/mol. The van der Waals surface area contributed by atoms with Gasteiger partial charge < -0.3 is 10.6 Å². The van der Waals surface area contributed by atoms with E-state index in [1.807, 2.05) is 6.07 Å². The van der Waals surface area contributed by atoms with Crippen LogP contribution in [0.4, 0.5) is 5.82 Å². The highest BCUT2D eigenvalue weighted by Crippen LogP contribution is 2.33. The molecule has 0 aliphatic carbocycles. The van der Waals surface area contributed by atoms with Crippen molar-refractivity contribution >= 4 is 5.82 Å². The van der Waals surface area contributed by atoms with Gasteiger partial charge in [-0.3, -0.25) is 5.10 Å². The molecular formula is C10H18N4. The summed E-state index contributed by atoms with van der Waals surface area (Å²) in [5.41, 5.74) is 7.04. The fraction of sp³-hybridized carbons (Fsp3) is 0.700. The van der Waals surface area contributed by atoms with Crippen molar-refractivity contribution in [2.45, 2.75) is 25.2 Å². The summed E-state index contributed by atoms with van der Waals surface area (Å²) in [5.74, 6) is 0.597. The van der Waals surface area contributed by atoms with Gasteiger partial charge in [-0.15, -0.1) is 0 Å². The van der Waals surface area contributed by atoms with E-state index in [4.69, 9.17) is 5.73 Å². The van der Waals surface area contributed by atoms with Crippen LogP contribution in [0.2, 0.25) is 0 Å². The summed E-state index contributed by atoms with van der Waals surface area (Å²) in [7, 11) is 2.17. The van der Waals surface area contributed by atoms with E-state index in [2.05, 4.69) is 29.1 Å². The Kier molecular flexibility index (Phi) is 2.23. The van der Waals surface area contributed by atoms with Crippen molar-refractivity contribution in [3.05, 3.63) is 11.8 Å². The smallest absolute Gasteiger partial charge is 0.145 e. The lowest BCUT2D eigenvalue weighted by atomic mass is 9.78. The highest BCUT2D eigenvalue weighted by atomic mass is 15.2. The maximum Gasteiger partial charge on any atom is 0.145 e. The van der Waals surface area contributed by atoms with Gasteiger partial charge in [0.15, 0.2) is 0 Å². The standard InChI is InChI=1S/C10H18N4/c1-10(3-5-14(2)6-4-10)8-7-9(11)13-12-8/h7H,3-6H2,1-2H3,(H3,11,12,13). The van der Waals surface area contributed by atoms with E-state index in [1.165, 1.54) is 18.5 Å². The second-order valence-corrected chi connectivity index (χ2v) is 4.57. The van der Waals surface area contributed by atoms with Crippen LogP contribution in [-0.4, -0.2) is 35.2 Å². The number of hydrogen-bond donors (Lipinski definition) is 2. The van der Waals surface area contributed by atoms with Gasteiger partial charge in [-0.05, 0) is 33.0 Å². The Balaban J connectivity index is 2.16. The second-order valence-electron chi connectivity index (χ2n) is 4.57. The molecule has 1 aliphatic heterocycles. The van der Waals surface area contributed by atoms with Crippen LogP contribution < -0.4 is 5.73 Å². The molecule has 4 heteroatoms. The number of nitrogens with two attached hydrogens (primary N) is 1. The van der Waals surface area contributed by atoms with E-state index < -0.39 is 0 Å². The molecular weight excluding hydrogens is 176 g/mol. The zero-order valence-corrected chi connectivity index (χ0v) is 8.88. The maximum atomic E-state index is 5.62. The lowest BCUT2D eigenvalue weighted by molar-refractivity contribution is 0.196. The molecule has 0 bridgehead atoms. The Bertz CT molecular complexity index is 310. The molecule has 4 nitrogen and oxygen atoms in total. The number of nitrogens with zero attached hydrogens (tertiary/aromatic N) is 2. The average molecular weight is 194 g/mol. The first-order chi connectivity index (χ1) is 6.60. The van der Waals surface area contributed by atoms with Gasteiger partial charge >= 0.3 is 0 Å². The highest BCUT2D eigenvalue weighted by Gasteiger charge is 2.32. The first-order valence-electron chi connectivity index (χ1n) is 5.10. The van der Waals surface area contributed by atoms with Gasteiger partial charge in [-0.25, -0.2) is 0 Å². The van der Waals surface area contributed by atoms with Crippen LogP contribution >= 0.6 is 0 Å². The molecule has 0 amide bonds. The summed E-state index contributed by atoms with van der Waals surface area (Å²) in [6.45, 7) is 4.58. The van der Waals surface area contributed by atoms with Gasteiger partial charge in [0.2, 0.25) is 0 Å². The monoisotopic (exact) mass is 194 g/mol. The number of H-pyrrole nitrogens is 1. The van der Waals surface area contributed by atoms with E-state index in [0.717, 1.165) is 13.1 Å². The Hall–Kier alpha value is -1.03. The van der Waals surface area contributed by atoms with Gasteiger partial charge in [0.1, 0.15) is 5.82 Å². The van der Waals surface area contributed by atoms with Crippen molar-refractivity contribution in [1.29, 1.82) is 0 Å². The molecule has 0 radical (unpaired) electrons. The van der Waals surface area contributed by atoms with Crippen LogP contribution in [0.25, 0.3) is 0 Å². The molecule has 78 valence electrons. The number of aromatic nitrogens is 2. The van der Waals surface area contributed by atoms with Crippen molar-refractivity contribution in [2.24, 2.45) is 0 Å². The Morgan fingerprint density at radius 1 is 1.50 bits per heavy atom. The molecule has 2 heterocycles. The van der Waals surface area contributed by atoms with E-state index in [1.54, 1.807) is 0 Å². The lowest BCUT2D eigenvalue weighted by Gasteiger charge is -2.36. The zero-order valence-electron chi connectivity index (χ0n) is 8.88. The fourth-order valence-electron chi connectivity index (χ4n) is 2.03. The highest BCUT2D eigenvalue weighted by molar-refractivity contribution is 5.32. The third-order valence-electron chi connectivity index (χ3n) is 3.34. The molecule has 0 saturated carbocycles. The number of aromatic amines is 1. The second kappa shape index (κ2) is 3.28. The molecule has 0 unspecified atom stereocenters. The van der Waals surface area contributed by atoms with Gasteiger partial charge in [0.25, 0.3) is 0 Å². The van der Waals surface area contributed by atoms with Crippen LogP contribution in [0.15, 0.2) is 6.07 Å². The maximum absolute atomic E-state index is 5.62. The Labute approximate surface area is 84.5 Å². The molecule has 1 aromatic rings. The molecule has 1 saturated heterocycles. The first-order valence-corrected chi connectivity index (χ1v) is 5.10. The number of nitrogen functional groups attached to an aromatic ring is 1. The molecule has 14 heavy (non-hydrogen) atoms. The van der Waals surface area contributed by atoms with E-state index in [-0.39, 0.29) is 5.41 Å². The van der Waals surface area contributed by atoms with Crippen molar-refractivity contribution in [2.75, 3.05) is 25.9 Å². The topological polar surface area (TPSA) is 57.9 Å². The minimum Gasteiger partial charge on any atom is -0.382 e. The molecule has 1 aliphatic rings. The van der Waals surface area contributed by atoms with Crippen LogP contribution in [-0.2, 0) is 5.41 Å². The van der Waals surface area contributed by atoms with Crippen LogP contribution in [0.3, 0.4) is 0 Å². The zero-order chi connectivity index (χ0) is 10.2. The molecule has 1 aromatic heterocycles. The summed E-state index contributed by atoms with van der Waals surface area (Å²) in [4.78, 5) is 2.36. The number of anilines is 1. The summed E-state index contributed by atoms with van der Waals surface area (Å²) in [5, 5.41) is 7.03. The van der Waals surface area contributed by atoms with Crippen LogP contribution in [0.1, 0.15) is 25.5 Å². The molecule has 0 aromatic carbocycles. The number of likely N-dealkylation sites (tertiary alicyclic amines) is 1. The van der Waals surface area contributed by atoms with Gasteiger partial charge in [0.05, 0.1) is 0 Å². The normalized spacial score (nSPS) is 22.4. The molecule has 1 fully saturated rings. The average Bonchev–Trinajstić information content (AvgIpc) is 2.58. The van der Waals surface area contributed by atoms with Crippen LogP contribution in [0.5, 0.6) is 0 Å². The van der Waals surface area contributed by atoms with Crippen molar-refractivity contribution in [3.8, 4) is 0 Å². The van der Waals surface area contributed by atoms with E-state index in [9.17, 15) is 0 Å². The lowest BCUT2D eigenvalue weighted by Crippen LogP contribution is -2.39. The number of nitrogens with one attached hydrogen (secondary N) is 1. The number of rotatable bonds is 1. The third-order valence-corrected chi connectivity index (χ3v) is 3.34. The number of hydrogen-bond acceptors (Lipinski definition) is 3.